The van der Waals surface area contributed by atoms with Crippen LogP contribution in [0.4, 0.5) is 13.2 Å². The van der Waals surface area contributed by atoms with E-state index in [-0.39, 0.29) is 18.8 Å². The minimum atomic E-state index is -4.02. The fourth-order valence-corrected chi connectivity index (χ4v) is 1.80. The van der Waals surface area contributed by atoms with Gasteiger partial charge in [-0.1, -0.05) is 0 Å². The van der Waals surface area contributed by atoms with Gasteiger partial charge in [-0.3, -0.25) is 0 Å². The summed E-state index contributed by atoms with van der Waals surface area (Å²) >= 11 is 0. The minimum absolute atomic E-state index is 0.205. The third-order valence-electron chi connectivity index (χ3n) is 2.66. The van der Waals surface area contributed by atoms with Gasteiger partial charge in [-0.25, -0.2) is 6.57 Å². The first-order valence-electron chi connectivity index (χ1n) is 4.44. The van der Waals surface area contributed by atoms with Crippen molar-refractivity contribution in [2.45, 2.75) is 31.9 Å². The highest BCUT2D eigenvalue weighted by molar-refractivity contribution is 4.80. The van der Waals surface area contributed by atoms with Crippen LogP contribution in [0.5, 0.6) is 0 Å². The average Bonchev–Trinajstić information content (AvgIpc) is 2.04. The fraction of sp³-hybridized carbons (Fsp3) is 0.889. The summed E-state index contributed by atoms with van der Waals surface area (Å²) < 4.78 is 36.6. The second-order valence-corrected chi connectivity index (χ2v) is 3.60. The molecular weight excluding hydrogens is 179 g/mol. The summed E-state index contributed by atoms with van der Waals surface area (Å²) in [4.78, 5) is 3.22. The highest BCUT2D eigenvalue weighted by atomic mass is 19.4. The highest BCUT2D eigenvalue weighted by Gasteiger charge is 2.41. The highest BCUT2D eigenvalue weighted by Crippen LogP contribution is 2.39. The van der Waals surface area contributed by atoms with E-state index in [0.717, 1.165) is 0 Å². The van der Waals surface area contributed by atoms with Crippen LogP contribution in [0, 0.1) is 18.4 Å². The van der Waals surface area contributed by atoms with E-state index in [1.165, 1.54) is 0 Å². The van der Waals surface area contributed by atoms with Crippen molar-refractivity contribution in [3.05, 3.63) is 11.4 Å². The lowest BCUT2D eigenvalue weighted by Crippen LogP contribution is -2.28. The van der Waals surface area contributed by atoms with Crippen LogP contribution in [0.15, 0.2) is 0 Å². The van der Waals surface area contributed by atoms with Crippen molar-refractivity contribution >= 4 is 0 Å². The van der Waals surface area contributed by atoms with Gasteiger partial charge in [-0.05, 0) is 25.7 Å². The summed E-state index contributed by atoms with van der Waals surface area (Å²) in [5.74, 6) is -0.911. The molecule has 4 heteroatoms. The molecule has 0 unspecified atom stereocenters. The monoisotopic (exact) mass is 191 g/mol. The zero-order valence-electron chi connectivity index (χ0n) is 7.27. The van der Waals surface area contributed by atoms with Crippen LogP contribution in [-0.2, 0) is 0 Å². The quantitative estimate of drug-likeness (QED) is 0.560. The van der Waals surface area contributed by atoms with Crippen LogP contribution in [0.3, 0.4) is 0 Å². The van der Waals surface area contributed by atoms with Crippen molar-refractivity contribution in [3.8, 4) is 0 Å². The Balaban J connectivity index is 2.36. The number of alkyl halides is 3. The van der Waals surface area contributed by atoms with Gasteiger partial charge in [0, 0.05) is 5.92 Å². The van der Waals surface area contributed by atoms with Crippen molar-refractivity contribution < 1.29 is 13.2 Å². The molecule has 0 saturated heterocycles. The third kappa shape index (κ3) is 2.91. The summed E-state index contributed by atoms with van der Waals surface area (Å²) in [6.07, 6.45) is -2.48. The molecular formula is C9H12F3N. The summed E-state index contributed by atoms with van der Waals surface area (Å²) in [6, 6.07) is 0. The maximum Gasteiger partial charge on any atom is 0.391 e. The maximum absolute atomic E-state index is 12.2. The molecule has 0 heterocycles. The van der Waals surface area contributed by atoms with Crippen molar-refractivity contribution in [1.29, 1.82) is 0 Å². The molecule has 0 aromatic carbocycles. The molecule has 0 aromatic rings. The van der Waals surface area contributed by atoms with E-state index in [2.05, 4.69) is 4.85 Å². The molecule has 0 aromatic heterocycles. The number of halogens is 3. The van der Waals surface area contributed by atoms with Crippen molar-refractivity contribution in [2.24, 2.45) is 11.8 Å². The number of hydrogen-bond donors (Lipinski definition) is 0. The molecule has 0 aliphatic heterocycles. The SMILES string of the molecule is [C-]#[N+]CC1CCC(C(F)(F)F)CC1. The lowest BCUT2D eigenvalue weighted by molar-refractivity contribution is -0.183. The number of rotatable bonds is 1. The summed E-state index contributed by atoms with van der Waals surface area (Å²) in [5.41, 5.74) is 0. The van der Waals surface area contributed by atoms with Crippen LogP contribution >= 0.6 is 0 Å². The molecule has 0 radical (unpaired) electrons. The predicted octanol–water partition coefficient (Wildman–Crippen LogP) is 3.27. The minimum Gasteiger partial charge on any atom is -0.317 e. The zero-order chi connectivity index (χ0) is 9.90. The van der Waals surface area contributed by atoms with Crippen LogP contribution in [0.2, 0.25) is 0 Å². The van der Waals surface area contributed by atoms with E-state index in [0.29, 0.717) is 19.4 Å². The van der Waals surface area contributed by atoms with Gasteiger partial charge in [0.05, 0.1) is 5.92 Å². The van der Waals surface area contributed by atoms with Gasteiger partial charge < -0.3 is 4.85 Å². The smallest absolute Gasteiger partial charge is 0.317 e. The number of nitrogens with zero attached hydrogens (tertiary/aromatic N) is 1. The molecule has 74 valence electrons. The van der Waals surface area contributed by atoms with Crippen LogP contribution in [0.25, 0.3) is 4.85 Å². The van der Waals surface area contributed by atoms with Gasteiger partial charge in [0.2, 0.25) is 6.54 Å². The van der Waals surface area contributed by atoms with Crippen molar-refractivity contribution in [1.82, 2.24) is 0 Å². The van der Waals surface area contributed by atoms with Crippen molar-refractivity contribution in [3.63, 3.8) is 0 Å². The van der Waals surface area contributed by atoms with E-state index >= 15 is 0 Å². The summed E-state index contributed by atoms with van der Waals surface area (Å²) in [7, 11) is 0. The van der Waals surface area contributed by atoms with E-state index in [4.69, 9.17) is 6.57 Å². The maximum atomic E-state index is 12.2. The van der Waals surface area contributed by atoms with E-state index in [1.54, 1.807) is 0 Å². The van der Waals surface area contributed by atoms with Gasteiger partial charge in [-0.15, -0.1) is 0 Å². The average molecular weight is 191 g/mol. The Kier molecular flexibility index (Phi) is 3.18. The molecule has 1 rings (SSSR count). The third-order valence-corrected chi connectivity index (χ3v) is 2.66. The fourth-order valence-electron chi connectivity index (χ4n) is 1.80. The summed E-state index contributed by atoms with van der Waals surface area (Å²) in [5, 5.41) is 0. The van der Waals surface area contributed by atoms with Crippen molar-refractivity contribution in [2.75, 3.05) is 6.54 Å². The molecule has 0 spiro atoms. The Morgan fingerprint density at radius 1 is 1.15 bits per heavy atom. The second kappa shape index (κ2) is 3.99. The molecule has 13 heavy (non-hydrogen) atoms. The van der Waals surface area contributed by atoms with Gasteiger partial charge in [0.1, 0.15) is 0 Å². The van der Waals surface area contributed by atoms with E-state index in [9.17, 15) is 13.2 Å². The van der Waals surface area contributed by atoms with Gasteiger partial charge in [0.25, 0.3) is 0 Å². The van der Waals surface area contributed by atoms with Crippen LogP contribution < -0.4 is 0 Å². The largest absolute Gasteiger partial charge is 0.391 e. The molecule has 1 aliphatic carbocycles. The Labute approximate surface area is 75.8 Å². The zero-order valence-corrected chi connectivity index (χ0v) is 7.27. The summed E-state index contributed by atoms with van der Waals surface area (Å²) in [6.45, 7) is 7.01. The number of hydrogen-bond acceptors (Lipinski definition) is 0. The van der Waals surface area contributed by atoms with E-state index < -0.39 is 12.1 Å². The standard InChI is InChI=1S/C9H12F3N/c1-13-6-7-2-4-8(5-3-7)9(10,11)12/h7-8H,2-6H2. The first-order chi connectivity index (χ1) is 6.04. The first kappa shape index (κ1) is 10.4. The molecule has 1 saturated carbocycles. The molecule has 1 nitrogen and oxygen atoms in total. The molecule has 0 bridgehead atoms. The molecule has 0 N–H and O–H groups in total. The first-order valence-corrected chi connectivity index (χ1v) is 4.44. The molecule has 1 fully saturated rings. The molecule has 0 amide bonds. The lowest BCUT2D eigenvalue weighted by Gasteiger charge is -2.27. The Hall–Kier alpha value is -0.720. The van der Waals surface area contributed by atoms with Gasteiger partial charge in [-0.2, -0.15) is 13.2 Å². The Bertz CT molecular complexity index is 196. The molecule has 0 atom stereocenters. The predicted molar refractivity (Wildman–Crippen MR) is 43.0 cm³/mol. The lowest BCUT2D eigenvalue weighted by atomic mass is 9.82. The Morgan fingerprint density at radius 3 is 2.08 bits per heavy atom. The topological polar surface area (TPSA) is 4.36 Å². The van der Waals surface area contributed by atoms with Gasteiger partial charge >= 0.3 is 6.18 Å². The van der Waals surface area contributed by atoms with Gasteiger partial charge in [0.15, 0.2) is 0 Å². The van der Waals surface area contributed by atoms with E-state index in [1.807, 2.05) is 0 Å². The van der Waals surface area contributed by atoms with Crippen LogP contribution in [0.1, 0.15) is 25.7 Å². The van der Waals surface area contributed by atoms with Crippen LogP contribution in [-0.4, -0.2) is 12.7 Å². The normalized spacial score (nSPS) is 29.7. The second-order valence-electron chi connectivity index (χ2n) is 3.60. The molecule has 1 aliphatic rings. The Morgan fingerprint density at radius 2 is 1.69 bits per heavy atom.